The molecule has 17 heavy (non-hydrogen) atoms. The lowest BCUT2D eigenvalue weighted by Crippen LogP contribution is -2.49. The molecule has 0 aromatic heterocycles. The summed E-state index contributed by atoms with van der Waals surface area (Å²) in [7, 11) is 1.89. The van der Waals surface area contributed by atoms with Crippen LogP contribution in [0.4, 0.5) is 0 Å². The predicted molar refractivity (Wildman–Crippen MR) is 74.3 cm³/mol. The lowest BCUT2D eigenvalue weighted by molar-refractivity contribution is -0.00576. The normalized spacial score (nSPS) is 23.3. The van der Waals surface area contributed by atoms with Crippen LogP contribution < -0.4 is 5.32 Å². The molecular weight excluding hydrogens is 210 g/mol. The van der Waals surface area contributed by atoms with Gasteiger partial charge < -0.3 is 10.1 Å². The summed E-state index contributed by atoms with van der Waals surface area (Å²) in [5, 5.41) is 3.66. The van der Waals surface area contributed by atoms with Gasteiger partial charge in [0.25, 0.3) is 0 Å². The van der Waals surface area contributed by atoms with Gasteiger partial charge in [-0.3, -0.25) is 0 Å². The summed E-state index contributed by atoms with van der Waals surface area (Å²) < 4.78 is 5.86. The van der Waals surface area contributed by atoms with Crippen LogP contribution in [0.5, 0.6) is 0 Å². The highest BCUT2D eigenvalue weighted by Gasteiger charge is 2.32. The lowest BCUT2D eigenvalue weighted by atomic mass is 9.79. The molecule has 0 saturated heterocycles. The first-order valence-corrected chi connectivity index (χ1v) is 7.50. The molecule has 2 heteroatoms. The van der Waals surface area contributed by atoms with E-state index >= 15 is 0 Å². The monoisotopic (exact) mass is 241 g/mol. The molecule has 102 valence electrons. The second-order valence-electron chi connectivity index (χ2n) is 5.57. The van der Waals surface area contributed by atoms with Crippen LogP contribution in [0, 0.1) is 11.8 Å². The Morgan fingerprint density at radius 1 is 1.18 bits per heavy atom. The van der Waals surface area contributed by atoms with Crippen molar-refractivity contribution in [1.29, 1.82) is 0 Å². The third-order valence-electron chi connectivity index (χ3n) is 4.44. The minimum absolute atomic E-state index is 0.408. The summed E-state index contributed by atoms with van der Waals surface area (Å²) in [5.41, 5.74) is 0. The number of hydrogen-bond donors (Lipinski definition) is 1. The molecular formula is C15H31NO. The van der Waals surface area contributed by atoms with Crippen molar-refractivity contribution in [2.75, 3.05) is 13.7 Å². The van der Waals surface area contributed by atoms with Crippen molar-refractivity contribution >= 4 is 0 Å². The Kier molecular flexibility index (Phi) is 7.14. The summed E-state index contributed by atoms with van der Waals surface area (Å²) in [6.07, 6.45) is 8.55. The Morgan fingerprint density at radius 3 is 2.29 bits per heavy atom. The number of rotatable bonds is 7. The Labute approximate surface area is 108 Å². The lowest BCUT2D eigenvalue weighted by Gasteiger charge is -2.38. The summed E-state index contributed by atoms with van der Waals surface area (Å²) in [4.78, 5) is 0. The fraction of sp³-hybridized carbons (Fsp3) is 1.00. The SMILES string of the molecule is CCNC(C(C)CC)C(OC)C1CCCCC1. The number of hydrogen-bond acceptors (Lipinski definition) is 2. The second-order valence-corrected chi connectivity index (χ2v) is 5.57. The molecule has 2 nitrogen and oxygen atoms in total. The van der Waals surface area contributed by atoms with Gasteiger partial charge in [-0.15, -0.1) is 0 Å². The smallest absolute Gasteiger partial charge is 0.0754 e. The zero-order valence-corrected chi connectivity index (χ0v) is 12.2. The fourth-order valence-electron chi connectivity index (χ4n) is 3.23. The van der Waals surface area contributed by atoms with Gasteiger partial charge in [-0.05, 0) is 31.2 Å². The van der Waals surface area contributed by atoms with Crippen molar-refractivity contribution in [2.45, 2.75) is 71.4 Å². The standard InChI is InChI=1S/C15H31NO/c1-5-12(3)14(16-6-2)15(17-4)13-10-8-7-9-11-13/h12-16H,5-11H2,1-4H3. The molecule has 0 aliphatic heterocycles. The number of ether oxygens (including phenoxy) is 1. The zero-order valence-electron chi connectivity index (χ0n) is 12.2. The molecule has 0 amide bonds. The van der Waals surface area contributed by atoms with E-state index in [4.69, 9.17) is 4.74 Å². The van der Waals surface area contributed by atoms with Crippen molar-refractivity contribution in [1.82, 2.24) is 5.32 Å². The molecule has 3 atom stereocenters. The van der Waals surface area contributed by atoms with E-state index in [0.29, 0.717) is 18.1 Å². The molecule has 3 unspecified atom stereocenters. The summed E-state index contributed by atoms with van der Waals surface area (Å²) in [6, 6.07) is 0.526. The quantitative estimate of drug-likeness (QED) is 0.735. The average Bonchev–Trinajstić information content (AvgIpc) is 2.39. The van der Waals surface area contributed by atoms with Crippen LogP contribution in [0.25, 0.3) is 0 Å². The van der Waals surface area contributed by atoms with Crippen LogP contribution in [0.15, 0.2) is 0 Å². The van der Waals surface area contributed by atoms with Crippen LogP contribution in [0.1, 0.15) is 59.3 Å². The minimum Gasteiger partial charge on any atom is -0.380 e. The van der Waals surface area contributed by atoms with Crippen molar-refractivity contribution in [3.05, 3.63) is 0 Å². The summed E-state index contributed by atoms with van der Waals surface area (Å²) >= 11 is 0. The summed E-state index contributed by atoms with van der Waals surface area (Å²) in [5.74, 6) is 1.47. The molecule has 1 N–H and O–H groups in total. The summed E-state index contributed by atoms with van der Waals surface area (Å²) in [6.45, 7) is 7.87. The van der Waals surface area contributed by atoms with E-state index in [9.17, 15) is 0 Å². The minimum atomic E-state index is 0.408. The largest absolute Gasteiger partial charge is 0.380 e. The molecule has 0 aromatic rings. The third kappa shape index (κ3) is 4.26. The van der Waals surface area contributed by atoms with Gasteiger partial charge in [-0.1, -0.05) is 46.5 Å². The fourth-order valence-corrected chi connectivity index (χ4v) is 3.23. The molecule has 1 fully saturated rings. The maximum absolute atomic E-state index is 5.86. The van der Waals surface area contributed by atoms with Gasteiger partial charge >= 0.3 is 0 Å². The van der Waals surface area contributed by atoms with Gasteiger partial charge in [0.2, 0.25) is 0 Å². The van der Waals surface area contributed by atoms with Gasteiger partial charge in [-0.2, -0.15) is 0 Å². The molecule has 1 saturated carbocycles. The highest BCUT2D eigenvalue weighted by atomic mass is 16.5. The highest BCUT2D eigenvalue weighted by Crippen LogP contribution is 2.31. The van der Waals surface area contributed by atoms with E-state index in [1.165, 1.54) is 38.5 Å². The van der Waals surface area contributed by atoms with Crippen LogP contribution in [-0.4, -0.2) is 25.8 Å². The predicted octanol–water partition coefficient (Wildman–Crippen LogP) is 3.61. The molecule has 1 aliphatic carbocycles. The Morgan fingerprint density at radius 2 is 1.82 bits per heavy atom. The van der Waals surface area contributed by atoms with Crippen molar-refractivity contribution < 1.29 is 4.74 Å². The van der Waals surface area contributed by atoms with E-state index in [0.717, 1.165) is 12.5 Å². The van der Waals surface area contributed by atoms with Crippen molar-refractivity contribution in [3.63, 3.8) is 0 Å². The first kappa shape index (κ1) is 15.0. The Hall–Kier alpha value is -0.0800. The van der Waals surface area contributed by atoms with Gasteiger partial charge in [0, 0.05) is 13.2 Å². The molecule has 0 aromatic carbocycles. The first-order valence-electron chi connectivity index (χ1n) is 7.50. The molecule has 0 spiro atoms. The third-order valence-corrected chi connectivity index (χ3v) is 4.44. The maximum Gasteiger partial charge on any atom is 0.0754 e. The van der Waals surface area contributed by atoms with Gasteiger partial charge in [0.05, 0.1) is 6.10 Å². The van der Waals surface area contributed by atoms with Crippen LogP contribution in [0.2, 0.25) is 0 Å². The first-order chi connectivity index (χ1) is 8.24. The van der Waals surface area contributed by atoms with E-state index in [-0.39, 0.29) is 0 Å². The van der Waals surface area contributed by atoms with Gasteiger partial charge in [-0.25, -0.2) is 0 Å². The Bertz CT molecular complexity index is 189. The molecule has 0 bridgehead atoms. The van der Waals surface area contributed by atoms with Crippen molar-refractivity contribution in [2.24, 2.45) is 11.8 Å². The van der Waals surface area contributed by atoms with Gasteiger partial charge in [0.15, 0.2) is 0 Å². The number of methoxy groups -OCH3 is 1. The number of likely N-dealkylation sites (N-methyl/N-ethyl adjacent to an activating group) is 1. The number of nitrogens with one attached hydrogen (secondary N) is 1. The van der Waals surface area contributed by atoms with Gasteiger partial charge in [0.1, 0.15) is 0 Å². The topological polar surface area (TPSA) is 21.3 Å². The Balaban J connectivity index is 2.65. The maximum atomic E-state index is 5.86. The van der Waals surface area contributed by atoms with Crippen LogP contribution in [-0.2, 0) is 4.74 Å². The molecule has 0 radical (unpaired) electrons. The van der Waals surface area contributed by atoms with E-state index in [2.05, 4.69) is 26.1 Å². The van der Waals surface area contributed by atoms with E-state index in [1.807, 2.05) is 7.11 Å². The molecule has 1 rings (SSSR count). The molecule has 1 aliphatic rings. The second kappa shape index (κ2) is 8.10. The average molecular weight is 241 g/mol. The van der Waals surface area contributed by atoms with E-state index < -0.39 is 0 Å². The highest BCUT2D eigenvalue weighted by molar-refractivity contribution is 4.87. The van der Waals surface area contributed by atoms with Crippen LogP contribution in [0.3, 0.4) is 0 Å². The van der Waals surface area contributed by atoms with Crippen molar-refractivity contribution in [3.8, 4) is 0 Å². The van der Waals surface area contributed by atoms with Crippen LogP contribution >= 0.6 is 0 Å². The van der Waals surface area contributed by atoms with E-state index in [1.54, 1.807) is 0 Å². The molecule has 0 heterocycles. The zero-order chi connectivity index (χ0) is 12.7.